The minimum atomic E-state index is 0.0372. The lowest BCUT2D eigenvalue weighted by molar-refractivity contribution is 0.0976. The molecule has 1 aliphatic rings. The maximum atomic E-state index is 13.2. The van der Waals surface area contributed by atoms with Crippen LogP contribution in [0.1, 0.15) is 21.5 Å². The van der Waals surface area contributed by atoms with E-state index in [0.717, 1.165) is 36.3 Å². The number of hydrogen-bond acceptors (Lipinski definition) is 2. The molecule has 4 heteroatoms. The van der Waals surface area contributed by atoms with E-state index in [9.17, 15) is 4.79 Å². The Morgan fingerprint density at radius 3 is 2.33 bits per heavy atom. The molecule has 1 aliphatic heterocycles. The number of carbonyl (C=O) groups excluding carboxylic acids is 1. The van der Waals surface area contributed by atoms with Gasteiger partial charge in [0.2, 0.25) is 0 Å². The molecule has 0 atom stereocenters. The van der Waals surface area contributed by atoms with Crippen LogP contribution in [0.3, 0.4) is 0 Å². The Morgan fingerprint density at radius 2 is 1.56 bits per heavy atom. The SMILES string of the molecule is O=C1c2ccccc2CN(CCc2ccccc2)CN1c1ccc(Cl)cc1. The number of benzene rings is 3. The van der Waals surface area contributed by atoms with Crippen LogP contribution in [0.4, 0.5) is 5.69 Å². The van der Waals surface area contributed by atoms with Crippen molar-refractivity contribution in [1.29, 1.82) is 0 Å². The van der Waals surface area contributed by atoms with Crippen LogP contribution < -0.4 is 4.90 Å². The quantitative estimate of drug-likeness (QED) is 0.639. The lowest BCUT2D eigenvalue weighted by Gasteiger charge is -2.27. The van der Waals surface area contributed by atoms with Crippen LogP contribution in [-0.4, -0.2) is 24.0 Å². The Labute approximate surface area is 164 Å². The first-order valence-electron chi connectivity index (χ1n) is 9.12. The number of hydrogen-bond donors (Lipinski definition) is 0. The minimum absolute atomic E-state index is 0.0372. The number of carbonyl (C=O) groups is 1. The van der Waals surface area contributed by atoms with E-state index in [0.29, 0.717) is 11.7 Å². The van der Waals surface area contributed by atoms with Crippen molar-refractivity contribution < 1.29 is 4.79 Å². The summed E-state index contributed by atoms with van der Waals surface area (Å²) in [6.45, 7) is 2.20. The zero-order valence-electron chi connectivity index (χ0n) is 15.0. The first-order chi connectivity index (χ1) is 13.2. The van der Waals surface area contributed by atoms with Crippen molar-refractivity contribution >= 4 is 23.2 Å². The van der Waals surface area contributed by atoms with Crippen LogP contribution in [0.2, 0.25) is 5.02 Å². The van der Waals surface area contributed by atoms with Crippen molar-refractivity contribution in [2.75, 3.05) is 18.1 Å². The second kappa shape index (κ2) is 7.95. The second-order valence-corrected chi connectivity index (χ2v) is 7.23. The van der Waals surface area contributed by atoms with Crippen LogP contribution in [0.15, 0.2) is 78.9 Å². The summed E-state index contributed by atoms with van der Waals surface area (Å²) in [7, 11) is 0. The fourth-order valence-corrected chi connectivity index (χ4v) is 3.59. The summed E-state index contributed by atoms with van der Waals surface area (Å²) in [6.07, 6.45) is 0.950. The first kappa shape index (κ1) is 17.8. The molecule has 1 amide bonds. The molecule has 0 bridgehead atoms. The summed E-state index contributed by atoms with van der Waals surface area (Å²) in [5.74, 6) is 0.0372. The Hall–Kier alpha value is -2.62. The van der Waals surface area contributed by atoms with Gasteiger partial charge in [-0.25, -0.2) is 0 Å². The number of halogens is 1. The molecular formula is C23H21ClN2O. The van der Waals surface area contributed by atoms with Gasteiger partial charge < -0.3 is 0 Å². The fourth-order valence-electron chi connectivity index (χ4n) is 3.47. The summed E-state index contributed by atoms with van der Waals surface area (Å²) in [4.78, 5) is 17.4. The summed E-state index contributed by atoms with van der Waals surface area (Å²) in [6, 6.07) is 25.8. The van der Waals surface area contributed by atoms with Crippen LogP contribution in [0.5, 0.6) is 0 Å². The highest BCUT2D eigenvalue weighted by Crippen LogP contribution is 2.25. The summed E-state index contributed by atoms with van der Waals surface area (Å²) in [5.41, 5.74) is 4.02. The number of amides is 1. The lowest BCUT2D eigenvalue weighted by Crippen LogP contribution is -2.39. The van der Waals surface area contributed by atoms with Crippen molar-refractivity contribution in [3.05, 3.63) is 101 Å². The van der Waals surface area contributed by atoms with Crippen LogP contribution >= 0.6 is 11.6 Å². The number of fused-ring (bicyclic) bond motifs is 1. The normalized spacial score (nSPS) is 14.7. The Bertz CT molecular complexity index is 925. The topological polar surface area (TPSA) is 23.6 Å². The third-order valence-corrected chi connectivity index (χ3v) is 5.18. The Balaban J connectivity index is 1.63. The second-order valence-electron chi connectivity index (χ2n) is 6.80. The van der Waals surface area contributed by atoms with Crippen molar-refractivity contribution in [3.8, 4) is 0 Å². The predicted molar refractivity (Wildman–Crippen MR) is 110 cm³/mol. The van der Waals surface area contributed by atoms with Gasteiger partial charge in [0.1, 0.15) is 0 Å². The van der Waals surface area contributed by atoms with Crippen molar-refractivity contribution in [1.82, 2.24) is 4.90 Å². The molecule has 1 heterocycles. The van der Waals surface area contributed by atoms with Gasteiger partial charge in [-0.15, -0.1) is 0 Å². The smallest absolute Gasteiger partial charge is 0.259 e. The Kier molecular flexibility index (Phi) is 5.23. The minimum Gasteiger partial charge on any atom is -0.295 e. The van der Waals surface area contributed by atoms with Crippen LogP contribution in [0.25, 0.3) is 0 Å². The van der Waals surface area contributed by atoms with Crippen molar-refractivity contribution in [2.45, 2.75) is 13.0 Å². The molecule has 0 unspecified atom stereocenters. The maximum Gasteiger partial charge on any atom is 0.259 e. The van der Waals surface area contributed by atoms with E-state index in [-0.39, 0.29) is 5.91 Å². The van der Waals surface area contributed by atoms with Gasteiger partial charge >= 0.3 is 0 Å². The van der Waals surface area contributed by atoms with E-state index < -0.39 is 0 Å². The van der Waals surface area contributed by atoms with Gasteiger partial charge in [-0.2, -0.15) is 0 Å². The highest BCUT2D eigenvalue weighted by atomic mass is 35.5. The molecule has 0 aromatic heterocycles. The molecule has 3 aromatic rings. The Morgan fingerprint density at radius 1 is 0.852 bits per heavy atom. The van der Waals surface area contributed by atoms with Gasteiger partial charge in [-0.1, -0.05) is 60.1 Å². The van der Waals surface area contributed by atoms with E-state index >= 15 is 0 Å². The van der Waals surface area contributed by atoms with Gasteiger partial charge in [-0.05, 0) is 47.9 Å². The van der Waals surface area contributed by atoms with Gasteiger partial charge in [0, 0.05) is 29.4 Å². The number of anilines is 1. The van der Waals surface area contributed by atoms with Crippen molar-refractivity contribution in [3.63, 3.8) is 0 Å². The molecule has 136 valence electrons. The highest BCUT2D eigenvalue weighted by molar-refractivity contribution is 6.30. The maximum absolute atomic E-state index is 13.2. The number of rotatable bonds is 4. The molecular weight excluding hydrogens is 356 g/mol. The zero-order valence-corrected chi connectivity index (χ0v) is 15.8. The van der Waals surface area contributed by atoms with Gasteiger partial charge in [0.25, 0.3) is 5.91 Å². The molecule has 0 radical (unpaired) electrons. The van der Waals surface area contributed by atoms with E-state index in [1.54, 1.807) is 0 Å². The van der Waals surface area contributed by atoms with Gasteiger partial charge in [0.05, 0.1) is 6.67 Å². The van der Waals surface area contributed by atoms with E-state index in [2.05, 4.69) is 29.2 Å². The molecule has 4 rings (SSSR count). The molecule has 3 aromatic carbocycles. The van der Waals surface area contributed by atoms with E-state index in [1.165, 1.54) is 5.56 Å². The van der Waals surface area contributed by atoms with Crippen molar-refractivity contribution in [2.24, 2.45) is 0 Å². The van der Waals surface area contributed by atoms with E-state index in [4.69, 9.17) is 11.6 Å². The summed E-state index contributed by atoms with van der Waals surface area (Å²) < 4.78 is 0. The molecule has 0 saturated heterocycles. The molecule has 3 nitrogen and oxygen atoms in total. The third-order valence-electron chi connectivity index (χ3n) is 4.93. The molecule has 0 spiro atoms. The average Bonchev–Trinajstić information content (AvgIpc) is 2.85. The zero-order chi connectivity index (χ0) is 18.6. The summed E-state index contributed by atoms with van der Waals surface area (Å²) in [5, 5.41) is 0.669. The van der Waals surface area contributed by atoms with Crippen LogP contribution in [0, 0.1) is 0 Å². The molecule has 0 N–H and O–H groups in total. The number of nitrogens with zero attached hydrogens (tertiary/aromatic N) is 2. The third kappa shape index (κ3) is 4.05. The fraction of sp³-hybridized carbons (Fsp3) is 0.174. The highest BCUT2D eigenvalue weighted by Gasteiger charge is 2.27. The predicted octanol–water partition coefficient (Wildman–Crippen LogP) is 5.00. The molecule has 0 aliphatic carbocycles. The first-order valence-corrected chi connectivity index (χ1v) is 9.50. The lowest BCUT2D eigenvalue weighted by atomic mass is 10.1. The molecule has 27 heavy (non-hydrogen) atoms. The molecule has 0 saturated carbocycles. The largest absolute Gasteiger partial charge is 0.295 e. The molecule has 0 fully saturated rings. The van der Waals surface area contributed by atoms with Gasteiger partial charge in [-0.3, -0.25) is 14.6 Å². The monoisotopic (exact) mass is 376 g/mol. The van der Waals surface area contributed by atoms with Crippen LogP contribution in [-0.2, 0) is 13.0 Å². The standard InChI is InChI=1S/C23H21ClN2O/c24-20-10-12-21(13-11-20)26-17-25(15-14-18-6-2-1-3-7-18)16-19-8-4-5-9-22(19)23(26)27/h1-13H,14-17H2. The summed E-state index contributed by atoms with van der Waals surface area (Å²) >= 11 is 6.03. The van der Waals surface area contributed by atoms with Gasteiger partial charge in [0.15, 0.2) is 0 Å². The average molecular weight is 377 g/mol. The van der Waals surface area contributed by atoms with E-state index in [1.807, 2.05) is 59.5 Å².